The zero-order valence-electron chi connectivity index (χ0n) is 23.9. The fourth-order valence-corrected chi connectivity index (χ4v) is 5.58. The summed E-state index contributed by atoms with van der Waals surface area (Å²) in [5.74, 6) is -1.04. The smallest absolute Gasteiger partial charge is 0.434 e. The van der Waals surface area contributed by atoms with Crippen LogP contribution in [0.15, 0.2) is 30.6 Å². The maximum atomic E-state index is 13.7. The maximum Gasteiger partial charge on any atom is 0.434 e. The molecule has 1 aromatic carbocycles. The normalized spacial score (nSPS) is 16.1. The topological polar surface area (TPSA) is 135 Å². The molecule has 0 spiro atoms. The fourth-order valence-electron chi connectivity index (χ4n) is 5.32. The Hall–Kier alpha value is -4.24. The highest BCUT2D eigenvalue weighted by Crippen LogP contribution is 2.36. The first-order valence-electron chi connectivity index (χ1n) is 13.9. The number of alkyl halides is 3. The lowest BCUT2D eigenvalue weighted by molar-refractivity contribution is -0.141. The van der Waals surface area contributed by atoms with Gasteiger partial charge in [-0.3, -0.25) is 14.4 Å². The summed E-state index contributed by atoms with van der Waals surface area (Å²) in [6.45, 7) is 3.29. The lowest BCUT2D eigenvalue weighted by Gasteiger charge is -2.37. The standard InChI is InChI=1S/C28H30ClF3N8O4/c1-38-21(19-14-35-27(44-2)37-22(19)28(30,31)32)15-34-23(38)24(41)36-17-3-4-18(20(29)13-17)26(43)40-11-9-39(10-12-40)25(42)16-5-7-33-8-6-16/h3-4,13-16,33H,5-12H2,1-2H3,(H,36,41). The number of halogens is 4. The van der Waals surface area contributed by atoms with Crippen molar-refractivity contribution in [3.05, 3.63) is 52.7 Å². The molecule has 2 N–H and O–H groups in total. The van der Waals surface area contributed by atoms with Crippen molar-refractivity contribution < 1.29 is 32.3 Å². The molecule has 3 amide bonds. The third-order valence-electron chi connectivity index (χ3n) is 7.71. The zero-order valence-corrected chi connectivity index (χ0v) is 24.7. The van der Waals surface area contributed by atoms with Crippen LogP contribution in [-0.4, -0.2) is 93.4 Å². The van der Waals surface area contributed by atoms with Crippen LogP contribution in [0.2, 0.25) is 5.02 Å². The summed E-state index contributed by atoms with van der Waals surface area (Å²) in [5, 5.41) is 5.97. The van der Waals surface area contributed by atoms with Gasteiger partial charge in [0, 0.05) is 56.6 Å². The van der Waals surface area contributed by atoms with Gasteiger partial charge in [-0.25, -0.2) is 9.97 Å². The molecule has 0 saturated carbocycles. The van der Waals surface area contributed by atoms with Crippen molar-refractivity contribution in [1.82, 2.24) is 34.6 Å². The van der Waals surface area contributed by atoms with Crippen molar-refractivity contribution >= 4 is 35.0 Å². The number of anilines is 1. The Morgan fingerprint density at radius 2 is 1.73 bits per heavy atom. The van der Waals surface area contributed by atoms with E-state index < -0.39 is 23.8 Å². The summed E-state index contributed by atoms with van der Waals surface area (Å²) < 4.78 is 47.0. The Labute approximate surface area is 255 Å². The summed E-state index contributed by atoms with van der Waals surface area (Å²) in [6.07, 6.45) is -1.12. The molecule has 44 heavy (non-hydrogen) atoms. The van der Waals surface area contributed by atoms with E-state index in [1.165, 1.54) is 29.8 Å². The van der Waals surface area contributed by atoms with Crippen molar-refractivity contribution in [2.75, 3.05) is 51.7 Å². The van der Waals surface area contributed by atoms with Crippen LogP contribution in [0, 0.1) is 5.92 Å². The minimum atomic E-state index is -4.81. The molecule has 0 atom stereocenters. The van der Waals surface area contributed by atoms with Crippen molar-refractivity contribution in [1.29, 1.82) is 0 Å². The second-order valence-electron chi connectivity index (χ2n) is 10.4. The number of amides is 3. The van der Waals surface area contributed by atoms with Crippen molar-refractivity contribution in [3.8, 4) is 17.3 Å². The summed E-state index contributed by atoms with van der Waals surface area (Å²) in [7, 11) is 2.54. The Balaban J connectivity index is 1.24. The van der Waals surface area contributed by atoms with E-state index in [1.807, 2.05) is 4.90 Å². The number of ether oxygens (including phenoxy) is 1. The molecule has 2 aliphatic rings. The number of carbonyl (C=O) groups is 3. The Kier molecular flexibility index (Phi) is 9.06. The number of carbonyl (C=O) groups excluding carboxylic acids is 3. The van der Waals surface area contributed by atoms with Gasteiger partial charge in [-0.1, -0.05) is 11.6 Å². The van der Waals surface area contributed by atoms with Gasteiger partial charge in [0.15, 0.2) is 11.5 Å². The average molecular weight is 635 g/mol. The van der Waals surface area contributed by atoms with Crippen LogP contribution in [0.1, 0.15) is 39.5 Å². The largest absolute Gasteiger partial charge is 0.467 e. The number of hydrogen-bond acceptors (Lipinski definition) is 8. The van der Waals surface area contributed by atoms with E-state index in [0.29, 0.717) is 26.2 Å². The third kappa shape index (κ3) is 6.48. The number of nitrogens with one attached hydrogen (secondary N) is 2. The summed E-state index contributed by atoms with van der Waals surface area (Å²) in [6, 6.07) is 3.94. The number of methoxy groups -OCH3 is 1. The first-order chi connectivity index (χ1) is 21.0. The Morgan fingerprint density at radius 1 is 1.05 bits per heavy atom. The van der Waals surface area contributed by atoms with E-state index in [0.717, 1.165) is 45.4 Å². The van der Waals surface area contributed by atoms with E-state index >= 15 is 0 Å². The second-order valence-corrected chi connectivity index (χ2v) is 10.8. The quantitative estimate of drug-likeness (QED) is 0.423. The van der Waals surface area contributed by atoms with E-state index in [9.17, 15) is 27.6 Å². The lowest BCUT2D eigenvalue weighted by Crippen LogP contribution is -2.52. The molecule has 2 aliphatic heterocycles. The number of piperazine rings is 1. The van der Waals surface area contributed by atoms with Gasteiger partial charge < -0.3 is 29.7 Å². The zero-order chi connectivity index (χ0) is 31.6. The molecule has 2 saturated heterocycles. The molecule has 234 valence electrons. The molecule has 2 aromatic heterocycles. The van der Waals surface area contributed by atoms with Crippen LogP contribution in [0.3, 0.4) is 0 Å². The first kappa shape index (κ1) is 31.2. The highest BCUT2D eigenvalue weighted by molar-refractivity contribution is 6.34. The van der Waals surface area contributed by atoms with Gasteiger partial charge in [0.25, 0.3) is 11.8 Å². The maximum absolute atomic E-state index is 13.7. The molecule has 4 heterocycles. The van der Waals surface area contributed by atoms with Crippen LogP contribution in [0.5, 0.6) is 6.01 Å². The molecule has 0 radical (unpaired) electrons. The molecule has 12 nitrogen and oxygen atoms in total. The number of piperidine rings is 1. The first-order valence-corrected chi connectivity index (χ1v) is 14.3. The second kappa shape index (κ2) is 12.8. The molecular weight excluding hydrogens is 605 g/mol. The number of rotatable bonds is 6. The van der Waals surface area contributed by atoms with Crippen molar-refractivity contribution in [2.24, 2.45) is 13.0 Å². The summed E-state index contributed by atoms with van der Waals surface area (Å²) in [4.78, 5) is 53.7. The van der Waals surface area contributed by atoms with E-state index in [-0.39, 0.29) is 51.1 Å². The number of hydrogen-bond donors (Lipinski definition) is 2. The van der Waals surface area contributed by atoms with E-state index in [4.69, 9.17) is 16.3 Å². The number of imidazole rings is 1. The SMILES string of the molecule is COc1ncc(-c2cnc(C(=O)Nc3ccc(C(=O)N4CCN(C(=O)C5CCNCC5)CC4)c(Cl)c3)n2C)c(C(F)(F)F)n1. The number of aromatic nitrogens is 4. The van der Waals surface area contributed by atoms with Crippen LogP contribution >= 0.6 is 11.6 Å². The van der Waals surface area contributed by atoms with Crippen molar-refractivity contribution in [2.45, 2.75) is 19.0 Å². The molecule has 0 unspecified atom stereocenters. The van der Waals surface area contributed by atoms with Crippen LogP contribution in [0.25, 0.3) is 11.3 Å². The monoisotopic (exact) mass is 634 g/mol. The molecule has 16 heteroatoms. The van der Waals surface area contributed by atoms with Crippen LogP contribution < -0.4 is 15.4 Å². The summed E-state index contributed by atoms with van der Waals surface area (Å²) >= 11 is 6.43. The van der Waals surface area contributed by atoms with Crippen molar-refractivity contribution in [3.63, 3.8) is 0 Å². The van der Waals surface area contributed by atoms with Gasteiger partial charge >= 0.3 is 12.2 Å². The van der Waals surface area contributed by atoms with Gasteiger partial charge in [-0.15, -0.1) is 0 Å². The van der Waals surface area contributed by atoms with Gasteiger partial charge in [0.05, 0.1) is 29.6 Å². The van der Waals surface area contributed by atoms with Gasteiger partial charge in [0.1, 0.15) is 0 Å². The molecule has 0 aliphatic carbocycles. The van der Waals surface area contributed by atoms with Gasteiger partial charge in [-0.2, -0.15) is 18.2 Å². The van der Waals surface area contributed by atoms with Gasteiger partial charge in [-0.05, 0) is 44.1 Å². The van der Waals surface area contributed by atoms with E-state index in [1.54, 1.807) is 4.90 Å². The predicted molar refractivity (Wildman–Crippen MR) is 153 cm³/mol. The van der Waals surface area contributed by atoms with Crippen LogP contribution in [-0.2, 0) is 18.0 Å². The molecule has 5 rings (SSSR count). The third-order valence-corrected chi connectivity index (χ3v) is 8.02. The Bertz CT molecular complexity index is 1570. The van der Waals surface area contributed by atoms with E-state index in [2.05, 4.69) is 25.6 Å². The molecular formula is C28H30ClF3N8O4. The number of nitrogens with zero attached hydrogens (tertiary/aromatic N) is 6. The minimum Gasteiger partial charge on any atom is -0.467 e. The number of benzene rings is 1. The molecule has 0 bridgehead atoms. The fraction of sp³-hybridized carbons (Fsp3) is 0.429. The average Bonchev–Trinajstić information content (AvgIpc) is 3.41. The highest BCUT2D eigenvalue weighted by Gasteiger charge is 2.38. The van der Waals surface area contributed by atoms with Crippen LogP contribution in [0.4, 0.5) is 18.9 Å². The minimum absolute atomic E-state index is 0.0156. The van der Waals surface area contributed by atoms with Gasteiger partial charge in [0.2, 0.25) is 5.91 Å². The predicted octanol–water partition coefficient (Wildman–Crippen LogP) is 3.09. The lowest BCUT2D eigenvalue weighted by atomic mass is 9.96. The summed E-state index contributed by atoms with van der Waals surface area (Å²) in [5.41, 5.74) is -1.17. The molecule has 2 fully saturated rings. The Morgan fingerprint density at radius 3 is 2.36 bits per heavy atom. The molecule has 3 aromatic rings. The highest BCUT2D eigenvalue weighted by atomic mass is 35.5.